The molecule has 0 aromatic rings. The summed E-state index contributed by atoms with van der Waals surface area (Å²) in [4.78, 5) is 2.64. The fraction of sp³-hybridized carbons (Fsp3) is 0.833. The molecule has 1 heterocycles. The fourth-order valence-corrected chi connectivity index (χ4v) is 5.34. The Balaban J connectivity index is 2.39. The van der Waals surface area contributed by atoms with Gasteiger partial charge in [-0.1, -0.05) is 32.0 Å². The largest absolute Gasteiger partial charge is 0.303 e. The minimum atomic E-state index is -0.523. The van der Waals surface area contributed by atoms with Crippen LogP contribution in [0.1, 0.15) is 26.7 Å². The molecular weight excluding hydrogens is 186 g/mol. The molecule has 1 aliphatic rings. The second-order valence-electron chi connectivity index (χ2n) is 4.48. The molecule has 1 nitrogen and oxygen atoms in total. The van der Waals surface area contributed by atoms with E-state index >= 15 is 0 Å². The van der Waals surface area contributed by atoms with Crippen LogP contribution in [0.5, 0.6) is 0 Å². The van der Waals surface area contributed by atoms with Gasteiger partial charge in [0.15, 0.2) is 0 Å². The van der Waals surface area contributed by atoms with Crippen molar-refractivity contribution in [2.75, 3.05) is 19.6 Å². The van der Waals surface area contributed by atoms with Crippen molar-refractivity contribution in [3.8, 4) is 0 Å². The Morgan fingerprint density at radius 2 is 1.86 bits per heavy atom. The van der Waals surface area contributed by atoms with Crippen LogP contribution >= 0.6 is 0 Å². The van der Waals surface area contributed by atoms with E-state index in [1.165, 1.54) is 44.6 Å². The third-order valence-corrected chi connectivity index (χ3v) is 7.42. The van der Waals surface area contributed by atoms with E-state index in [9.17, 15) is 0 Å². The predicted octanol–water partition coefficient (Wildman–Crippen LogP) is 2.91. The van der Waals surface area contributed by atoms with Gasteiger partial charge in [0.2, 0.25) is 0 Å². The second kappa shape index (κ2) is 6.41. The van der Waals surface area contributed by atoms with E-state index in [1.807, 2.05) is 0 Å². The van der Waals surface area contributed by atoms with Gasteiger partial charge in [0.05, 0.1) is 0 Å². The summed E-state index contributed by atoms with van der Waals surface area (Å²) in [7, 11) is -0.523. The summed E-state index contributed by atoms with van der Waals surface area (Å²) in [5, 5.41) is 0. The first-order valence-corrected chi connectivity index (χ1v) is 8.46. The minimum absolute atomic E-state index is 0.523. The summed E-state index contributed by atoms with van der Waals surface area (Å²) >= 11 is 0. The van der Waals surface area contributed by atoms with Crippen LogP contribution in [0.25, 0.3) is 0 Å². The highest BCUT2D eigenvalue weighted by Gasteiger charge is 2.21. The van der Waals surface area contributed by atoms with Gasteiger partial charge < -0.3 is 4.90 Å². The molecule has 1 atom stereocenters. The molecule has 82 valence electrons. The molecule has 14 heavy (non-hydrogen) atoms. The van der Waals surface area contributed by atoms with E-state index in [1.54, 1.807) is 0 Å². The maximum atomic E-state index is 4.03. The van der Waals surface area contributed by atoms with Crippen molar-refractivity contribution in [3.63, 3.8) is 0 Å². The van der Waals surface area contributed by atoms with Crippen molar-refractivity contribution in [2.24, 2.45) is 0 Å². The van der Waals surface area contributed by atoms with Gasteiger partial charge in [0.25, 0.3) is 0 Å². The SMILES string of the molecule is C=CC(CN1CCCC1)[SiH](CC)CC. The van der Waals surface area contributed by atoms with E-state index in [4.69, 9.17) is 0 Å². The topological polar surface area (TPSA) is 3.24 Å². The van der Waals surface area contributed by atoms with Gasteiger partial charge in [-0.2, -0.15) is 0 Å². The maximum Gasteiger partial charge on any atom is 0.0452 e. The molecule has 1 saturated heterocycles. The minimum Gasteiger partial charge on any atom is -0.303 e. The number of hydrogen-bond acceptors (Lipinski definition) is 1. The van der Waals surface area contributed by atoms with Crippen molar-refractivity contribution in [1.82, 2.24) is 4.90 Å². The van der Waals surface area contributed by atoms with Crippen LogP contribution in [0.2, 0.25) is 17.6 Å². The van der Waals surface area contributed by atoms with Crippen LogP contribution in [-0.4, -0.2) is 33.3 Å². The smallest absolute Gasteiger partial charge is 0.0452 e. The van der Waals surface area contributed by atoms with Gasteiger partial charge in [0.1, 0.15) is 0 Å². The highest BCUT2D eigenvalue weighted by Crippen LogP contribution is 2.22. The lowest BCUT2D eigenvalue weighted by atomic mass is 10.4. The van der Waals surface area contributed by atoms with E-state index in [0.717, 1.165) is 5.54 Å². The number of likely N-dealkylation sites (tertiary alicyclic amines) is 1. The Hall–Kier alpha value is -0.0831. The van der Waals surface area contributed by atoms with Gasteiger partial charge in [0, 0.05) is 15.3 Å². The zero-order chi connectivity index (χ0) is 10.4. The second-order valence-corrected chi connectivity index (χ2v) is 8.49. The van der Waals surface area contributed by atoms with Crippen LogP contribution < -0.4 is 0 Å². The van der Waals surface area contributed by atoms with Gasteiger partial charge >= 0.3 is 0 Å². The first-order valence-electron chi connectivity index (χ1n) is 6.16. The zero-order valence-corrected chi connectivity index (χ0v) is 11.0. The van der Waals surface area contributed by atoms with Crippen molar-refractivity contribution in [2.45, 2.75) is 44.3 Å². The zero-order valence-electron chi connectivity index (χ0n) is 9.84. The Morgan fingerprint density at radius 1 is 1.29 bits per heavy atom. The van der Waals surface area contributed by atoms with Crippen molar-refractivity contribution >= 4 is 8.80 Å². The predicted molar refractivity (Wildman–Crippen MR) is 67.7 cm³/mol. The standard InChI is InChI=1S/C12H25NSi/c1-4-12(14(5-2)6-3)11-13-9-7-8-10-13/h4,12,14H,1,5-11H2,2-3H3. The van der Waals surface area contributed by atoms with Crippen molar-refractivity contribution < 1.29 is 0 Å². The monoisotopic (exact) mass is 211 g/mol. The molecule has 0 aromatic carbocycles. The van der Waals surface area contributed by atoms with E-state index in [2.05, 4.69) is 31.4 Å². The van der Waals surface area contributed by atoms with E-state index in [-0.39, 0.29) is 0 Å². The van der Waals surface area contributed by atoms with E-state index in [0.29, 0.717) is 0 Å². The molecule has 0 bridgehead atoms. The van der Waals surface area contributed by atoms with Crippen LogP contribution in [-0.2, 0) is 0 Å². The van der Waals surface area contributed by atoms with Crippen molar-refractivity contribution in [3.05, 3.63) is 12.7 Å². The summed E-state index contributed by atoms with van der Waals surface area (Å²) in [5.74, 6) is 0. The summed E-state index contributed by atoms with van der Waals surface area (Å²) in [5.41, 5.74) is 0.850. The Kier molecular flexibility index (Phi) is 5.49. The molecule has 1 unspecified atom stereocenters. The van der Waals surface area contributed by atoms with Crippen LogP contribution in [0.4, 0.5) is 0 Å². The lowest BCUT2D eigenvalue weighted by Gasteiger charge is -2.25. The van der Waals surface area contributed by atoms with Crippen molar-refractivity contribution in [1.29, 1.82) is 0 Å². The fourth-order valence-electron chi connectivity index (χ4n) is 2.57. The molecule has 1 rings (SSSR count). The van der Waals surface area contributed by atoms with Crippen LogP contribution in [0, 0.1) is 0 Å². The average molecular weight is 211 g/mol. The molecule has 0 aromatic heterocycles. The highest BCUT2D eigenvalue weighted by molar-refractivity contribution is 6.60. The third kappa shape index (κ3) is 3.25. The number of rotatable bonds is 6. The third-order valence-electron chi connectivity index (χ3n) is 3.62. The molecule has 2 heteroatoms. The molecule has 1 fully saturated rings. The lowest BCUT2D eigenvalue weighted by molar-refractivity contribution is 0.344. The molecule has 0 amide bonds. The number of nitrogens with zero attached hydrogens (tertiary/aromatic N) is 1. The maximum absolute atomic E-state index is 4.03. The Morgan fingerprint density at radius 3 is 2.29 bits per heavy atom. The molecule has 0 N–H and O–H groups in total. The van der Waals surface area contributed by atoms with E-state index < -0.39 is 8.80 Å². The first-order chi connectivity index (χ1) is 6.81. The first kappa shape index (κ1) is 12.0. The summed E-state index contributed by atoms with van der Waals surface area (Å²) in [6, 6.07) is 2.86. The highest BCUT2D eigenvalue weighted by atomic mass is 28.3. The summed E-state index contributed by atoms with van der Waals surface area (Å²) < 4.78 is 0. The molecule has 1 aliphatic heterocycles. The summed E-state index contributed by atoms with van der Waals surface area (Å²) in [6.07, 6.45) is 5.06. The Labute approximate surface area is 90.8 Å². The van der Waals surface area contributed by atoms with Gasteiger partial charge in [-0.15, -0.1) is 6.58 Å². The van der Waals surface area contributed by atoms with Crippen LogP contribution in [0.15, 0.2) is 12.7 Å². The quantitative estimate of drug-likeness (QED) is 0.482. The normalized spacial score (nSPS) is 20.2. The Bertz CT molecular complexity index is 160. The average Bonchev–Trinajstić information content (AvgIpc) is 2.70. The lowest BCUT2D eigenvalue weighted by Crippen LogP contribution is -2.30. The van der Waals surface area contributed by atoms with Gasteiger partial charge in [-0.25, -0.2) is 0 Å². The summed E-state index contributed by atoms with van der Waals surface area (Å²) in [6.45, 7) is 12.7. The molecular formula is C12H25NSi. The molecule has 0 aliphatic carbocycles. The molecule has 0 spiro atoms. The molecule has 0 saturated carbocycles. The molecule has 0 radical (unpaired) electrons. The van der Waals surface area contributed by atoms with Gasteiger partial charge in [-0.05, 0) is 31.5 Å². The van der Waals surface area contributed by atoms with Crippen LogP contribution in [0.3, 0.4) is 0 Å². The van der Waals surface area contributed by atoms with Gasteiger partial charge in [-0.3, -0.25) is 0 Å². The number of hydrogen-bond donors (Lipinski definition) is 0.